The normalized spacial score (nSPS) is 11.6. The Morgan fingerprint density at radius 2 is 0.786 bits per heavy atom. The minimum atomic E-state index is 0.566. The lowest BCUT2D eigenvalue weighted by atomic mass is 9.97. The first-order valence-corrected chi connectivity index (χ1v) is 18.7. The zero-order chi connectivity index (χ0) is 37.0. The van der Waals surface area contributed by atoms with Crippen LogP contribution < -0.4 is 0 Å². The molecule has 11 rings (SSSR count). The molecular formula is C51H31N3O2. The van der Waals surface area contributed by atoms with Crippen LogP contribution in [0.2, 0.25) is 0 Å². The molecule has 0 aliphatic carbocycles. The van der Waals surface area contributed by atoms with Crippen LogP contribution in [0.15, 0.2) is 197 Å². The molecule has 0 aliphatic heterocycles. The van der Waals surface area contributed by atoms with Gasteiger partial charge in [-0.2, -0.15) is 0 Å². The molecule has 11 aromatic rings. The number of rotatable bonds is 6. The summed E-state index contributed by atoms with van der Waals surface area (Å²) in [6.45, 7) is 0. The van der Waals surface area contributed by atoms with E-state index in [1.165, 1.54) is 0 Å². The van der Waals surface area contributed by atoms with E-state index in [1.807, 2.05) is 48.5 Å². The van der Waals surface area contributed by atoms with Crippen molar-refractivity contribution in [3.8, 4) is 67.5 Å². The number of hydrogen-bond donors (Lipinski definition) is 0. The zero-order valence-corrected chi connectivity index (χ0v) is 30.1. The number of furan rings is 2. The van der Waals surface area contributed by atoms with Crippen molar-refractivity contribution in [3.63, 3.8) is 0 Å². The Hall–Kier alpha value is -7.63. The van der Waals surface area contributed by atoms with E-state index in [9.17, 15) is 0 Å². The summed E-state index contributed by atoms with van der Waals surface area (Å²) in [5.74, 6) is 1.75. The Morgan fingerprint density at radius 1 is 0.286 bits per heavy atom. The average molecular weight is 718 g/mol. The number of nitrogens with zero attached hydrogens (tertiary/aromatic N) is 3. The van der Waals surface area contributed by atoms with Crippen LogP contribution in [0.25, 0.3) is 111 Å². The van der Waals surface area contributed by atoms with Crippen LogP contribution in [-0.4, -0.2) is 15.0 Å². The number of fused-ring (bicyclic) bond motifs is 6. The van der Waals surface area contributed by atoms with E-state index < -0.39 is 0 Å². The SMILES string of the molecule is c1ccc(-c2cccc(-c3nc(-c4cccc(-c5ccccc5)c4)nc(-c4ccc(-c5ccc6c(c5)oc5ccccc56)c5oc6ccccc6c45)n3)c2)cc1. The second-order valence-electron chi connectivity index (χ2n) is 14.0. The van der Waals surface area contributed by atoms with Gasteiger partial charge in [-0.1, -0.05) is 140 Å². The topological polar surface area (TPSA) is 65.0 Å². The molecule has 5 nitrogen and oxygen atoms in total. The largest absolute Gasteiger partial charge is 0.456 e. The van der Waals surface area contributed by atoms with E-state index in [4.69, 9.17) is 23.8 Å². The summed E-state index contributed by atoms with van der Waals surface area (Å²) in [4.78, 5) is 15.6. The molecule has 262 valence electrons. The molecule has 8 aromatic carbocycles. The fourth-order valence-corrected chi connectivity index (χ4v) is 7.83. The summed E-state index contributed by atoms with van der Waals surface area (Å²) >= 11 is 0. The Kier molecular flexibility index (Phi) is 7.42. The molecule has 0 N–H and O–H groups in total. The monoisotopic (exact) mass is 717 g/mol. The fourth-order valence-electron chi connectivity index (χ4n) is 7.83. The molecule has 0 amide bonds. The average Bonchev–Trinajstić information content (AvgIpc) is 3.85. The van der Waals surface area contributed by atoms with Gasteiger partial charge in [0.25, 0.3) is 0 Å². The summed E-state index contributed by atoms with van der Waals surface area (Å²) in [7, 11) is 0. The maximum absolute atomic E-state index is 6.73. The van der Waals surface area contributed by atoms with E-state index in [2.05, 4.69) is 140 Å². The molecule has 0 radical (unpaired) electrons. The summed E-state index contributed by atoms with van der Waals surface area (Å²) in [6, 6.07) is 64.5. The van der Waals surface area contributed by atoms with Crippen molar-refractivity contribution in [2.45, 2.75) is 0 Å². The van der Waals surface area contributed by atoms with Gasteiger partial charge in [0.1, 0.15) is 22.3 Å². The smallest absolute Gasteiger partial charge is 0.164 e. The van der Waals surface area contributed by atoms with Crippen molar-refractivity contribution in [2.75, 3.05) is 0 Å². The van der Waals surface area contributed by atoms with Gasteiger partial charge < -0.3 is 8.83 Å². The van der Waals surface area contributed by atoms with Crippen molar-refractivity contribution in [1.29, 1.82) is 0 Å². The zero-order valence-electron chi connectivity index (χ0n) is 30.1. The van der Waals surface area contributed by atoms with E-state index in [-0.39, 0.29) is 0 Å². The minimum absolute atomic E-state index is 0.566. The lowest BCUT2D eigenvalue weighted by Crippen LogP contribution is -2.01. The predicted molar refractivity (Wildman–Crippen MR) is 227 cm³/mol. The predicted octanol–water partition coefficient (Wildman–Crippen LogP) is 13.7. The van der Waals surface area contributed by atoms with Crippen LogP contribution in [0.4, 0.5) is 0 Å². The maximum atomic E-state index is 6.73. The molecule has 0 saturated heterocycles. The molecule has 0 spiro atoms. The van der Waals surface area contributed by atoms with Gasteiger partial charge in [0, 0.05) is 43.8 Å². The van der Waals surface area contributed by atoms with Crippen LogP contribution >= 0.6 is 0 Å². The molecule has 0 aliphatic rings. The van der Waals surface area contributed by atoms with Gasteiger partial charge in [-0.3, -0.25) is 0 Å². The van der Waals surface area contributed by atoms with Gasteiger partial charge >= 0.3 is 0 Å². The molecule has 0 bridgehead atoms. The standard InChI is InChI=1S/C51H31N3O2/c1-3-13-32(14-4-1)34-17-11-19-37(29-34)49-52-50(38-20-12-18-35(30-38)33-15-5-2-6-16-33)54-51(53-49)43-28-27-39(48-47(43)42-22-8-10-24-45(42)56-48)36-25-26-41-40-21-7-9-23-44(40)55-46(41)31-36/h1-31H. The van der Waals surface area contributed by atoms with Crippen molar-refractivity contribution < 1.29 is 8.83 Å². The van der Waals surface area contributed by atoms with Crippen molar-refractivity contribution >= 4 is 43.9 Å². The van der Waals surface area contributed by atoms with Crippen molar-refractivity contribution in [3.05, 3.63) is 188 Å². The van der Waals surface area contributed by atoms with Gasteiger partial charge in [-0.05, 0) is 76.3 Å². The third-order valence-electron chi connectivity index (χ3n) is 10.5. The molecule has 3 aromatic heterocycles. The Balaban J connectivity index is 1.13. The summed E-state index contributed by atoms with van der Waals surface area (Å²) in [5, 5.41) is 4.12. The molecule has 5 heteroatoms. The van der Waals surface area contributed by atoms with Crippen LogP contribution in [-0.2, 0) is 0 Å². The van der Waals surface area contributed by atoms with Gasteiger partial charge in [-0.25, -0.2) is 15.0 Å². The van der Waals surface area contributed by atoms with Crippen LogP contribution in [0, 0.1) is 0 Å². The summed E-state index contributed by atoms with van der Waals surface area (Å²) in [6.07, 6.45) is 0. The Bertz CT molecular complexity index is 3150. The van der Waals surface area contributed by atoms with Crippen molar-refractivity contribution in [2.24, 2.45) is 0 Å². The number of aromatic nitrogens is 3. The molecule has 0 saturated carbocycles. The Morgan fingerprint density at radius 3 is 1.45 bits per heavy atom. The van der Waals surface area contributed by atoms with E-state index in [0.717, 1.165) is 93.9 Å². The van der Waals surface area contributed by atoms with E-state index >= 15 is 0 Å². The molecule has 0 unspecified atom stereocenters. The van der Waals surface area contributed by atoms with Gasteiger partial charge in [0.15, 0.2) is 17.5 Å². The lowest BCUT2D eigenvalue weighted by molar-refractivity contribution is 0.668. The third-order valence-corrected chi connectivity index (χ3v) is 10.5. The fraction of sp³-hybridized carbons (Fsp3) is 0. The quantitative estimate of drug-likeness (QED) is 0.171. The van der Waals surface area contributed by atoms with Crippen molar-refractivity contribution in [1.82, 2.24) is 15.0 Å². The number of hydrogen-bond acceptors (Lipinski definition) is 5. The number of benzene rings is 8. The van der Waals surface area contributed by atoms with Crippen LogP contribution in [0.3, 0.4) is 0 Å². The first-order chi connectivity index (χ1) is 27.7. The van der Waals surface area contributed by atoms with Gasteiger partial charge in [-0.15, -0.1) is 0 Å². The molecule has 0 atom stereocenters. The minimum Gasteiger partial charge on any atom is -0.456 e. The summed E-state index contributed by atoms with van der Waals surface area (Å²) < 4.78 is 13.0. The Labute approximate surface area is 322 Å². The van der Waals surface area contributed by atoms with Gasteiger partial charge in [0.05, 0.1) is 0 Å². The molecule has 3 heterocycles. The third kappa shape index (κ3) is 5.45. The van der Waals surface area contributed by atoms with Gasteiger partial charge in [0.2, 0.25) is 0 Å². The molecule has 56 heavy (non-hydrogen) atoms. The molecule has 0 fully saturated rings. The lowest BCUT2D eigenvalue weighted by Gasteiger charge is -2.12. The highest BCUT2D eigenvalue weighted by molar-refractivity contribution is 6.16. The first-order valence-electron chi connectivity index (χ1n) is 18.7. The second kappa shape index (κ2) is 13.0. The van der Waals surface area contributed by atoms with E-state index in [1.54, 1.807) is 0 Å². The van der Waals surface area contributed by atoms with E-state index in [0.29, 0.717) is 17.5 Å². The highest BCUT2D eigenvalue weighted by Crippen LogP contribution is 2.43. The highest BCUT2D eigenvalue weighted by Gasteiger charge is 2.21. The van der Waals surface area contributed by atoms with Crippen LogP contribution in [0.1, 0.15) is 0 Å². The highest BCUT2D eigenvalue weighted by atomic mass is 16.3. The summed E-state index contributed by atoms with van der Waals surface area (Å²) in [5.41, 5.74) is 12.3. The number of para-hydroxylation sites is 2. The molecular weight excluding hydrogens is 687 g/mol. The van der Waals surface area contributed by atoms with Crippen LogP contribution in [0.5, 0.6) is 0 Å². The first kappa shape index (κ1) is 31.9. The second-order valence-corrected chi connectivity index (χ2v) is 14.0. The maximum Gasteiger partial charge on any atom is 0.164 e.